The number of pyridine rings is 1. The zero-order valence-corrected chi connectivity index (χ0v) is 21.9. The highest BCUT2D eigenvalue weighted by Crippen LogP contribution is 2.39. The number of nitrogens with zero attached hydrogens (tertiary/aromatic N) is 5. The van der Waals surface area contributed by atoms with Gasteiger partial charge in [-0.1, -0.05) is 0 Å². The third-order valence-corrected chi connectivity index (χ3v) is 5.66. The van der Waals surface area contributed by atoms with Crippen LogP contribution < -0.4 is 4.90 Å². The number of likely N-dealkylation sites (N-methyl/N-ethyl adjacent to an activating group) is 1. The monoisotopic (exact) mass is 511 g/mol. The summed E-state index contributed by atoms with van der Waals surface area (Å²) in [6.45, 7) is 9.98. The van der Waals surface area contributed by atoms with Crippen molar-refractivity contribution in [3.8, 4) is 0 Å². The number of carbonyl (C=O) groups excluding carboxylic acids is 3. The van der Waals surface area contributed by atoms with Crippen molar-refractivity contribution in [1.82, 2.24) is 19.7 Å². The molecule has 3 heterocycles. The molecule has 0 aliphatic carbocycles. The summed E-state index contributed by atoms with van der Waals surface area (Å²) in [6.07, 6.45) is -0.554. The number of rotatable bonds is 2. The van der Waals surface area contributed by atoms with Gasteiger partial charge >= 0.3 is 18.2 Å². The van der Waals surface area contributed by atoms with Gasteiger partial charge in [-0.25, -0.2) is 19.4 Å². The van der Waals surface area contributed by atoms with Gasteiger partial charge < -0.3 is 19.5 Å². The number of aromatic nitrogens is 3. The molecule has 0 bridgehead atoms. The second-order valence-electron chi connectivity index (χ2n) is 10.9. The van der Waals surface area contributed by atoms with E-state index in [4.69, 9.17) is 9.47 Å². The Morgan fingerprint density at radius 3 is 2.05 bits per heavy atom. The van der Waals surface area contributed by atoms with Gasteiger partial charge in [0.2, 0.25) is 0 Å². The number of carboxylic acids is 1. The lowest BCUT2D eigenvalue weighted by Gasteiger charge is -2.28. The van der Waals surface area contributed by atoms with Crippen LogP contribution in [0.4, 0.5) is 15.4 Å². The first kappa shape index (κ1) is 25.9. The van der Waals surface area contributed by atoms with Crippen LogP contribution in [0.5, 0.6) is 0 Å². The minimum absolute atomic E-state index is 0.0902. The Kier molecular flexibility index (Phi) is 5.89. The van der Waals surface area contributed by atoms with E-state index in [1.54, 1.807) is 54.7 Å². The molecule has 0 saturated carbocycles. The van der Waals surface area contributed by atoms with E-state index in [0.717, 1.165) is 4.90 Å². The van der Waals surface area contributed by atoms with Gasteiger partial charge in [0.05, 0.1) is 22.6 Å². The van der Waals surface area contributed by atoms with Gasteiger partial charge in [0, 0.05) is 25.0 Å². The Balaban J connectivity index is 2.01. The van der Waals surface area contributed by atoms with Gasteiger partial charge in [0.1, 0.15) is 11.2 Å². The lowest BCUT2D eigenvalue weighted by atomic mass is 10.00. The van der Waals surface area contributed by atoms with Crippen LogP contribution in [-0.4, -0.2) is 67.1 Å². The zero-order chi connectivity index (χ0) is 27.6. The molecule has 3 aromatic rings. The molecule has 1 aromatic carbocycles. The maximum absolute atomic E-state index is 13.3. The number of hydrogen-bond donors (Lipinski definition) is 1. The SMILES string of the molecule is CN1C(=O)c2cc3nc(N(C(=O)OC(C)(C)C)C(=O)OC(C)(C)C)c4cnn(C)c4c3cc2C1C(=O)O. The quantitative estimate of drug-likeness (QED) is 0.539. The fourth-order valence-electron chi connectivity index (χ4n) is 4.24. The topological polar surface area (TPSA) is 144 Å². The van der Waals surface area contributed by atoms with Crippen LogP contribution in [0.25, 0.3) is 21.8 Å². The maximum Gasteiger partial charge on any atom is 0.425 e. The molecule has 2 aromatic heterocycles. The predicted molar refractivity (Wildman–Crippen MR) is 133 cm³/mol. The summed E-state index contributed by atoms with van der Waals surface area (Å²) < 4.78 is 12.5. The smallest absolute Gasteiger partial charge is 0.425 e. The van der Waals surface area contributed by atoms with Gasteiger partial charge in [-0.15, -0.1) is 0 Å². The van der Waals surface area contributed by atoms with Crippen molar-refractivity contribution in [2.24, 2.45) is 7.05 Å². The van der Waals surface area contributed by atoms with E-state index >= 15 is 0 Å². The van der Waals surface area contributed by atoms with Crippen molar-refractivity contribution in [1.29, 1.82) is 0 Å². The van der Waals surface area contributed by atoms with E-state index in [1.807, 2.05) is 0 Å². The number of imide groups is 1. The summed E-state index contributed by atoms with van der Waals surface area (Å²) in [7, 11) is 3.08. The van der Waals surface area contributed by atoms with E-state index in [-0.39, 0.29) is 16.9 Å². The number of aryl methyl sites for hydroxylation is 1. The average Bonchev–Trinajstić information content (AvgIpc) is 3.22. The summed E-state index contributed by atoms with van der Waals surface area (Å²) in [4.78, 5) is 57.8. The Labute approximate surface area is 212 Å². The number of benzene rings is 1. The summed E-state index contributed by atoms with van der Waals surface area (Å²) in [5.74, 6) is -1.73. The minimum atomic E-state index is -1.17. The molecule has 1 aliphatic rings. The largest absolute Gasteiger partial charge is 0.479 e. The molecule has 0 spiro atoms. The third-order valence-electron chi connectivity index (χ3n) is 5.66. The Hall–Kier alpha value is -4.22. The number of carboxylic acid groups (broad SMARTS) is 1. The number of fused-ring (bicyclic) bond motifs is 4. The Morgan fingerprint density at radius 1 is 0.973 bits per heavy atom. The second kappa shape index (κ2) is 8.43. The van der Waals surface area contributed by atoms with Crippen LogP contribution in [0.15, 0.2) is 18.3 Å². The molecule has 1 aliphatic heterocycles. The standard InChI is InChI=1S/C25H29N5O7/c1-24(2,3)36-22(34)30(23(35)37-25(4,5)6)19-15-11-26-29(8)17(15)14-9-12-13(10-16(14)27-19)20(31)28(7)18(12)21(32)33/h9-11,18H,1-8H3,(H,32,33). The van der Waals surface area contributed by atoms with Crippen LogP contribution in [0.1, 0.15) is 63.5 Å². The molecular weight excluding hydrogens is 482 g/mol. The van der Waals surface area contributed by atoms with Gasteiger partial charge in [0.15, 0.2) is 11.9 Å². The summed E-state index contributed by atoms with van der Waals surface area (Å²) in [5, 5.41) is 14.9. The molecular formula is C25H29N5O7. The van der Waals surface area contributed by atoms with Gasteiger partial charge in [0.25, 0.3) is 5.91 Å². The molecule has 12 nitrogen and oxygen atoms in total. The molecule has 4 rings (SSSR count). The van der Waals surface area contributed by atoms with Crippen LogP contribution in [0.3, 0.4) is 0 Å². The first-order valence-electron chi connectivity index (χ1n) is 11.6. The number of aliphatic carboxylic acids is 1. The van der Waals surface area contributed by atoms with Crippen LogP contribution in [-0.2, 0) is 21.3 Å². The molecule has 37 heavy (non-hydrogen) atoms. The zero-order valence-electron chi connectivity index (χ0n) is 21.9. The number of hydrogen-bond acceptors (Lipinski definition) is 8. The van der Waals surface area contributed by atoms with Gasteiger partial charge in [-0.05, 0) is 59.2 Å². The summed E-state index contributed by atoms with van der Waals surface area (Å²) in [6, 6.07) is 1.90. The normalized spacial score (nSPS) is 15.7. The van der Waals surface area contributed by atoms with Crippen molar-refractivity contribution < 1.29 is 33.8 Å². The molecule has 1 N–H and O–H groups in total. The van der Waals surface area contributed by atoms with E-state index in [1.165, 1.54) is 24.0 Å². The predicted octanol–water partition coefficient (Wildman–Crippen LogP) is 4.01. The van der Waals surface area contributed by atoms with Crippen molar-refractivity contribution in [2.45, 2.75) is 58.8 Å². The van der Waals surface area contributed by atoms with Crippen LogP contribution in [0, 0.1) is 0 Å². The molecule has 1 unspecified atom stereocenters. The van der Waals surface area contributed by atoms with Crippen molar-refractivity contribution in [3.63, 3.8) is 0 Å². The Morgan fingerprint density at radius 2 is 1.54 bits per heavy atom. The molecule has 12 heteroatoms. The maximum atomic E-state index is 13.3. The van der Waals surface area contributed by atoms with Crippen LogP contribution in [0.2, 0.25) is 0 Å². The summed E-state index contributed by atoms with van der Waals surface area (Å²) in [5.41, 5.74) is -0.623. The highest BCUT2D eigenvalue weighted by Gasteiger charge is 2.40. The van der Waals surface area contributed by atoms with Crippen molar-refractivity contribution >= 4 is 51.7 Å². The molecule has 196 valence electrons. The first-order valence-corrected chi connectivity index (χ1v) is 11.6. The number of ether oxygens (including phenoxy) is 2. The van der Waals surface area contributed by atoms with Crippen LogP contribution >= 0.6 is 0 Å². The minimum Gasteiger partial charge on any atom is -0.479 e. The van der Waals surface area contributed by atoms with Gasteiger partial charge in [-0.3, -0.25) is 9.48 Å². The summed E-state index contributed by atoms with van der Waals surface area (Å²) >= 11 is 0. The fourth-order valence-corrected chi connectivity index (χ4v) is 4.24. The number of carbonyl (C=O) groups is 4. The van der Waals surface area contributed by atoms with Gasteiger partial charge in [-0.2, -0.15) is 10.00 Å². The number of anilines is 1. The lowest BCUT2D eigenvalue weighted by molar-refractivity contribution is -0.141. The molecule has 3 amide bonds. The number of amides is 3. The van der Waals surface area contributed by atoms with E-state index in [2.05, 4.69) is 10.1 Å². The molecule has 0 fully saturated rings. The van der Waals surface area contributed by atoms with E-state index in [9.17, 15) is 24.3 Å². The molecule has 0 saturated heterocycles. The second-order valence-corrected chi connectivity index (χ2v) is 10.9. The highest BCUT2D eigenvalue weighted by molar-refractivity contribution is 6.18. The molecule has 0 radical (unpaired) electrons. The van der Waals surface area contributed by atoms with E-state index < -0.39 is 41.3 Å². The fraction of sp³-hybridized carbons (Fsp3) is 0.440. The van der Waals surface area contributed by atoms with Crippen molar-refractivity contribution in [3.05, 3.63) is 29.5 Å². The van der Waals surface area contributed by atoms with E-state index in [0.29, 0.717) is 26.8 Å². The highest BCUT2D eigenvalue weighted by atomic mass is 16.6. The first-order chi connectivity index (χ1) is 17.0. The third kappa shape index (κ3) is 4.54. The average molecular weight is 512 g/mol. The lowest BCUT2D eigenvalue weighted by Crippen LogP contribution is -2.44. The van der Waals surface area contributed by atoms with Crippen molar-refractivity contribution in [2.75, 3.05) is 11.9 Å². The molecule has 1 atom stereocenters. The Bertz CT molecular complexity index is 1450.